The maximum absolute atomic E-state index is 11.1. The second-order valence-electron chi connectivity index (χ2n) is 8.74. The smallest absolute Gasteiger partial charge is 0.147 e. The molecule has 0 heterocycles. The molecule has 0 saturated carbocycles. The van der Waals surface area contributed by atoms with E-state index in [2.05, 4.69) is 40.6 Å². The SMILES string of the molecule is C=[S-](=C)CCCc1ccccc1NCC(C)=N.CC.CC.CC.CC.CC(=N)CNc1ccccc1CCCS(C)(=O)=O. The van der Waals surface area contributed by atoms with Gasteiger partial charge < -0.3 is 31.5 Å². The second-order valence-corrected chi connectivity index (χ2v) is 12.6. The van der Waals surface area contributed by atoms with E-state index in [1.54, 1.807) is 6.92 Å². The fraction of sp³-hybridized carbons (Fsp3) is 0.543. The van der Waals surface area contributed by atoms with Crippen molar-refractivity contribution in [1.82, 2.24) is 0 Å². The van der Waals surface area contributed by atoms with Crippen LogP contribution in [0.25, 0.3) is 0 Å². The Morgan fingerprint density at radius 2 is 1.05 bits per heavy atom. The van der Waals surface area contributed by atoms with E-state index in [-0.39, 0.29) is 15.8 Å². The monoisotopic (exact) mass is 637 g/mol. The Hall–Kier alpha value is -2.58. The van der Waals surface area contributed by atoms with Gasteiger partial charge in [-0.1, -0.05) is 98.2 Å². The van der Waals surface area contributed by atoms with E-state index >= 15 is 0 Å². The van der Waals surface area contributed by atoms with E-state index in [0.717, 1.165) is 42.0 Å². The van der Waals surface area contributed by atoms with Crippen molar-refractivity contribution in [3.8, 4) is 0 Å². The van der Waals surface area contributed by atoms with Crippen LogP contribution in [-0.2, 0) is 32.8 Å². The second kappa shape index (κ2) is 32.3. The first kappa shape index (κ1) is 47.4. The topological polar surface area (TPSA) is 106 Å². The lowest BCUT2D eigenvalue weighted by Crippen LogP contribution is -2.11. The maximum Gasteiger partial charge on any atom is 0.147 e. The van der Waals surface area contributed by atoms with Crippen molar-refractivity contribution in [2.45, 2.75) is 94.9 Å². The molecule has 250 valence electrons. The standard InChI is InChI=1S/C14H21N2S.C13H20N2O2S.4C2H6/c1-12(15)11-16-14-9-5-4-7-13(14)8-6-10-17(2)3;1-11(14)10-15-13-8-4-3-6-12(13)7-5-9-18(2,16)17;4*1-2/h4-5,7,9,15-16H,2-3,6,8,10-11H2,1H3;3-4,6,8,14-15H,5,7,9-10H2,1-2H3;4*1-2H3/q-1;;;;;. The minimum Gasteiger partial charge on any atom is -0.485 e. The highest BCUT2D eigenvalue weighted by Crippen LogP contribution is 2.17. The van der Waals surface area contributed by atoms with Crippen LogP contribution in [-0.4, -0.2) is 62.4 Å². The van der Waals surface area contributed by atoms with Gasteiger partial charge in [0.05, 0.1) is 18.8 Å². The van der Waals surface area contributed by atoms with Crippen molar-refractivity contribution in [3.05, 3.63) is 59.7 Å². The van der Waals surface area contributed by atoms with Gasteiger partial charge in [-0.05, 0) is 56.4 Å². The van der Waals surface area contributed by atoms with Gasteiger partial charge in [-0.3, -0.25) is 0 Å². The van der Waals surface area contributed by atoms with Gasteiger partial charge in [-0.2, -0.15) is 0 Å². The summed E-state index contributed by atoms with van der Waals surface area (Å²) in [6.45, 7) is 20.7. The van der Waals surface area contributed by atoms with Crippen LogP contribution in [0.5, 0.6) is 0 Å². The minimum absolute atomic E-state index is 0.0386. The first-order valence-corrected chi connectivity index (χ1v) is 19.5. The highest BCUT2D eigenvalue weighted by molar-refractivity contribution is 7.91. The molecule has 0 aliphatic heterocycles. The molecular weight excluding hydrogens is 573 g/mol. The summed E-state index contributed by atoms with van der Waals surface area (Å²) < 4.78 is 22.2. The number of rotatable bonds is 14. The molecule has 2 aromatic carbocycles. The van der Waals surface area contributed by atoms with E-state index in [9.17, 15) is 8.42 Å². The molecule has 0 aliphatic rings. The van der Waals surface area contributed by atoms with Crippen LogP contribution in [0.15, 0.2) is 48.5 Å². The highest BCUT2D eigenvalue weighted by Gasteiger charge is 2.05. The van der Waals surface area contributed by atoms with Crippen molar-refractivity contribution in [2.24, 2.45) is 0 Å². The number of aryl methyl sites for hydroxylation is 2. The van der Waals surface area contributed by atoms with Crippen LogP contribution >= 0.6 is 0 Å². The first-order valence-electron chi connectivity index (χ1n) is 15.7. The Labute approximate surface area is 269 Å². The van der Waals surface area contributed by atoms with E-state index in [4.69, 9.17) is 10.8 Å². The molecule has 0 unspecified atom stereocenters. The molecule has 8 heteroatoms. The van der Waals surface area contributed by atoms with Gasteiger partial charge >= 0.3 is 0 Å². The summed E-state index contributed by atoms with van der Waals surface area (Å²) in [6, 6.07) is 16.1. The molecule has 2 rings (SSSR count). The largest absolute Gasteiger partial charge is 0.485 e. The van der Waals surface area contributed by atoms with Crippen LogP contribution in [0.4, 0.5) is 11.4 Å². The molecule has 0 aliphatic carbocycles. The molecule has 0 bridgehead atoms. The van der Waals surface area contributed by atoms with Crippen molar-refractivity contribution in [3.63, 3.8) is 0 Å². The van der Waals surface area contributed by atoms with Gasteiger partial charge in [0.1, 0.15) is 9.84 Å². The van der Waals surface area contributed by atoms with Gasteiger partial charge in [-0.25, -0.2) is 20.2 Å². The van der Waals surface area contributed by atoms with Crippen LogP contribution in [0.2, 0.25) is 0 Å². The summed E-state index contributed by atoms with van der Waals surface area (Å²) in [6.07, 6.45) is 4.79. The van der Waals surface area contributed by atoms with Crippen LogP contribution in [0.3, 0.4) is 0 Å². The molecule has 43 heavy (non-hydrogen) atoms. The molecule has 0 atom stereocenters. The molecule has 0 radical (unpaired) electrons. The van der Waals surface area contributed by atoms with Gasteiger partial charge in [0.15, 0.2) is 0 Å². The summed E-state index contributed by atoms with van der Waals surface area (Å²) in [4.78, 5) is 0. The quantitative estimate of drug-likeness (QED) is 0.0944. The Kier molecular flexibility index (Phi) is 35.6. The van der Waals surface area contributed by atoms with Gasteiger partial charge in [0, 0.05) is 29.1 Å². The average molecular weight is 638 g/mol. The summed E-state index contributed by atoms with van der Waals surface area (Å²) >= 11 is 0. The lowest BCUT2D eigenvalue weighted by Gasteiger charge is -2.12. The van der Waals surface area contributed by atoms with Crippen molar-refractivity contribution < 1.29 is 8.42 Å². The Bertz CT molecular complexity index is 1130. The number of hydrogen-bond acceptors (Lipinski definition) is 7. The van der Waals surface area contributed by atoms with Crippen molar-refractivity contribution in [1.29, 1.82) is 10.8 Å². The molecular formula is C35H65N4O2S2-. The van der Waals surface area contributed by atoms with E-state index < -0.39 is 9.84 Å². The lowest BCUT2D eigenvalue weighted by atomic mass is 10.1. The minimum atomic E-state index is -2.89. The zero-order valence-corrected chi connectivity index (χ0v) is 31.0. The van der Waals surface area contributed by atoms with Gasteiger partial charge in [0.2, 0.25) is 0 Å². The zero-order chi connectivity index (χ0) is 34.3. The summed E-state index contributed by atoms with van der Waals surface area (Å²) in [7, 11) is -2.85. The van der Waals surface area contributed by atoms with Crippen molar-refractivity contribution >= 4 is 54.4 Å². The van der Waals surface area contributed by atoms with Gasteiger partial charge in [-0.15, -0.1) is 5.75 Å². The van der Waals surface area contributed by atoms with Crippen molar-refractivity contribution in [2.75, 3.05) is 41.5 Å². The Morgan fingerprint density at radius 3 is 1.37 bits per heavy atom. The lowest BCUT2D eigenvalue weighted by molar-refractivity contribution is 0.599. The summed E-state index contributed by atoms with van der Waals surface area (Å²) in [5.41, 5.74) is 5.77. The maximum atomic E-state index is 11.1. The highest BCUT2D eigenvalue weighted by atomic mass is 32.2. The van der Waals surface area contributed by atoms with Crippen LogP contribution in [0.1, 0.15) is 93.2 Å². The molecule has 2 aromatic rings. The van der Waals surface area contributed by atoms with E-state index in [1.165, 1.54) is 11.8 Å². The molecule has 0 spiro atoms. The molecule has 0 fully saturated rings. The predicted octanol–water partition coefficient (Wildman–Crippen LogP) is 8.77. The van der Waals surface area contributed by atoms with E-state index in [1.807, 2.05) is 92.6 Å². The molecule has 6 nitrogen and oxygen atoms in total. The molecule has 0 amide bonds. The summed E-state index contributed by atoms with van der Waals surface area (Å²) in [5.74, 6) is 9.14. The Morgan fingerprint density at radius 1 is 0.698 bits per heavy atom. The number of hydrogen-bond donors (Lipinski definition) is 4. The third kappa shape index (κ3) is 30.7. The Balaban J connectivity index is -0.000000287. The fourth-order valence-electron chi connectivity index (χ4n) is 3.27. The zero-order valence-electron chi connectivity index (χ0n) is 29.3. The fourth-order valence-corrected chi connectivity index (χ4v) is 4.49. The number of anilines is 2. The molecule has 0 saturated heterocycles. The molecule has 4 N–H and O–H groups in total. The number of nitrogens with one attached hydrogen (secondary N) is 4. The normalized spacial score (nSPS) is 9.40. The number of benzene rings is 2. The average Bonchev–Trinajstić information content (AvgIpc) is 3.00. The summed E-state index contributed by atoms with van der Waals surface area (Å²) in [5, 5.41) is 21.3. The molecule has 0 aromatic heterocycles. The van der Waals surface area contributed by atoms with Crippen LogP contribution in [0, 0.1) is 10.8 Å². The predicted molar refractivity (Wildman–Crippen MR) is 205 cm³/mol. The number of sulfone groups is 1. The third-order valence-electron chi connectivity index (χ3n) is 4.96. The third-order valence-corrected chi connectivity index (χ3v) is 6.86. The van der Waals surface area contributed by atoms with Crippen LogP contribution < -0.4 is 10.6 Å². The van der Waals surface area contributed by atoms with Gasteiger partial charge in [0.25, 0.3) is 0 Å². The number of para-hydroxylation sites is 2. The van der Waals surface area contributed by atoms with E-state index in [0.29, 0.717) is 30.9 Å². The first-order chi connectivity index (χ1) is 20.5.